The summed E-state index contributed by atoms with van der Waals surface area (Å²) in [6, 6.07) is 16.7. The van der Waals surface area contributed by atoms with Crippen LogP contribution < -0.4 is 14.8 Å². The lowest BCUT2D eigenvalue weighted by Gasteiger charge is -2.12. The van der Waals surface area contributed by atoms with Gasteiger partial charge in [0, 0.05) is 17.8 Å². The van der Waals surface area contributed by atoms with E-state index >= 15 is 0 Å². The maximum Gasteiger partial charge on any atom is 0.340 e. The van der Waals surface area contributed by atoms with E-state index in [1.165, 1.54) is 36.4 Å². The Balaban J connectivity index is 1.67. The number of nitrogens with zero attached hydrogens (tertiary/aromatic N) is 1. The van der Waals surface area contributed by atoms with Gasteiger partial charge in [-0.1, -0.05) is 18.2 Å². The average molecular weight is 500 g/mol. The molecule has 0 heterocycles. The van der Waals surface area contributed by atoms with Gasteiger partial charge in [-0.15, -0.1) is 0 Å². The Morgan fingerprint density at radius 1 is 1.00 bits per heavy atom. The molecule has 12 heteroatoms. The number of nitrogens with one attached hydrogen (secondary N) is 2. The van der Waals surface area contributed by atoms with Crippen molar-refractivity contribution in [1.82, 2.24) is 0 Å². The summed E-state index contributed by atoms with van der Waals surface area (Å²) in [6.45, 7) is 1.74. The number of esters is 1. The van der Waals surface area contributed by atoms with Crippen molar-refractivity contribution in [2.75, 3.05) is 23.3 Å². The zero-order chi connectivity index (χ0) is 25.4. The quantitative estimate of drug-likeness (QED) is 0.244. The second-order valence-corrected chi connectivity index (χ2v) is 8.67. The number of hydrogen-bond acceptors (Lipinski definition) is 8. The number of sulfonamides is 1. The highest BCUT2D eigenvalue weighted by molar-refractivity contribution is 7.92. The van der Waals surface area contributed by atoms with Crippen LogP contribution in [0.15, 0.2) is 77.7 Å². The first-order valence-electron chi connectivity index (χ1n) is 10.3. The average Bonchev–Trinajstić information content (AvgIpc) is 2.84. The summed E-state index contributed by atoms with van der Waals surface area (Å²) in [5.41, 5.74) is -0.190. The summed E-state index contributed by atoms with van der Waals surface area (Å²) in [5, 5.41) is 13.5. The van der Waals surface area contributed by atoms with Crippen LogP contribution in [-0.2, 0) is 19.6 Å². The van der Waals surface area contributed by atoms with Crippen molar-refractivity contribution in [2.24, 2.45) is 0 Å². The first-order chi connectivity index (χ1) is 16.7. The Hall–Kier alpha value is -4.45. The minimum Gasteiger partial charge on any atom is -0.494 e. The van der Waals surface area contributed by atoms with Gasteiger partial charge < -0.3 is 14.8 Å². The lowest BCUT2D eigenvalue weighted by molar-refractivity contribution is -0.385. The fourth-order valence-electron chi connectivity index (χ4n) is 2.93. The summed E-state index contributed by atoms with van der Waals surface area (Å²) >= 11 is 0. The lowest BCUT2D eigenvalue weighted by atomic mass is 10.2. The zero-order valence-corrected chi connectivity index (χ0v) is 19.3. The van der Waals surface area contributed by atoms with Crippen LogP contribution in [0.25, 0.3) is 0 Å². The number of carbonyl (C=O) groups is 2. The standard InChI is InChI=1S/C23H21N3O8S/c1-2-33-18-12-10-16(11-13-18)24-22(27)15-34-23(28)20-8-3-4-9-21(20)25-35(31,32)19-7-5-6-17(14-19)26(29)30/h3-14,25H,2,15H2,1H3,(H,24,27). The topological polar surface area (TPSA) is 154 Å². The molecule has 0 radical (unpaired) electrons. The van der Waals surface area contributed by atoms with Gasteiger partial charge in [0.25, 0.3) is 21.6 Å². The molecule has 0 aliphatic carbocycles. The minimum atomic E-state index is -4.26. The molecule has 3 rings (SSSR count). The van der Waals surface area contributed by atoms with Crippen LogP contribution in [0.5, 0.6) is 5.75 Å². The Kier molecular flexibility index (Phi) is 8.00. The maximum absolute atomic E-state index is 12.7. The molecule has 0 aliphatic rings. The van der Waals surface area contributed by atoms with Gasteiger partial charge in [0.15, 0.2) is 6.61 Å². The van der Waals surface area contributed by atoms with Crippen molar-refractivity contribution in [3.63, 3.8) is 0 Å². The van der Waals surface area contributed by atoms with Gasteiger partial charge in [-0.3, -0.25) is 19.6 Å². The molecule has 0 fully saturated rings. The predicted molar refractivity (Wildman–Crippen MR) is 127 cm³/mol. The fraction of sp³-hybridized carbons (Fsp3) is 0.130. The van der Waals surface area contributed by atoms with E-state index in [1.54, 1.807) is 24.3 Å². The molecule has 0 aliphatic heterocycles. The number of anilines is 2. The number of nitro benzene ring substituents is 1. The summed E-state index contributed by atoms with van der Waals surface area (Å²) in [7, 11) is -4.26. The predicted octanol–water partition coefficient (Wildman–Crippen LogP) is 3.59. The van der Waals surface area contributed by atoms with Crippen LogP contribution in [0, 0.1) is 10.1 Å². The Labute approximate surface area is 200 Å². The molecular formula is C23H21N3O8S. The first-order valence-corrected chi connectivity index (χ1v) is 11.7. The van der Waals surface area contributed by atoms with E-state index in [1.807, 2.05) is 6.92 Å². The van der Waals surface area contributed by atoms with Gasteiger partial charge in [-0.2, -0.15) is 0 Å². The molecule has 0 saturated carbocycles. The van der Waals surface area contributed by atoms with Crippen molar-refractivity contribution in [3.8, 4) is 5.75 Å². The van der Waals surface area contributed by atoms with Crippen LogP contribution in [-0.4, -0.2) is 38.4 Å². The Morgan fingerprint density at radius 2 is 1.71 bits per heavy atom. The number of hydrogen-bond donors (Lipinski definition) is 2. The van der Waals surface area contributed by atoms with Crippen molar-refractivity contribution < 1.29 is 32.4 Å². The third-order valence-corrected chi connectivity index (χ3v) is 5.88. The fourth-order valence-corrected chi connectivity index (χ4v) is 4.04. The third-order valence-electron chi connectivity index (χ3n) is 4.51. The van der Waals surface area contributed by atoms with Crippen molar-refractivity contribution in [1.29, 1.82) is 0 Å². The molecule has 0 atom stereocenters. The summed E-state index contributed by atoms with van der Waals surface area (Å²) in [6.07, 6.45) is 0. The number of nitro groups is 1. The van der Waals surface area contributed by atoms with Gasteiger partial charge in [0.05, 0.1) is 27.7 Å². The molecule has 0 saturated heterocycles. The van der Waals surface area contributed by atoms with Gasteiger partial charge in [-0.25, -0.2) is 13.2 Å². The molecule has 182 valence electrons. The summed E-state index contributed by atoms with van der Waals surface area (Å²) < 4.78 is 38.0. The molecule has 2 N–H and O–H groups in total. The van der Waals surface area contributed by atoms with E-state index in [4.69, 9.17) is 9.47 Å². The van der Waals surface area contributed by atoms with Crippen LogP contribution >= 0.6 is 0 Å². The minimum absolute atomic E-state index is 0.115. The van der Waals surface area contributed by atoms with Crippen LogP contribution in [0.1, 0.15) is 17.3 Å². The molecular weight excluding hydrogens is 478 g/mol. The molecule has 0 spiro atoms. The van der Waals surface area contributed by atoms with E-state index in [9.17, 15) is 28.1 Å². The Morgan fingerprint density at radius 3 is 2.40 bits per heavy atom. The normalized spacial score (nSPS) is 10.8. The highest BCUT2D eigenvalue weighted by Crippen LogP contribution is 2.23. The number of carbonyl (C=O) groups excluding carboxylic acids is 2. The molecule has 1 amide bonds. The molecule has 11 nitrogen and oxygen atoms in total. The van der Waals surface area contributed by atoms with Crippen molar-refractivity contribution in [3.05, 3.63) is 88.5 Å². The van der Waals surface area contributed by atoms with Gasteiger partial charge in [-0.05, 0) is 49.4 Å². The van der Waals surface area contributed by atoms with E-state index in [0.717, 1.165) is 12.1 Å². The monoisotopic (exact) mass is 499 g/mol. The van der Waals surface area contributed by atoms with Crippen molar-refractivity contribution in [2.45, 2.75) is 11.8 Å². The van der Waals surface area contributed by atoms with Crippen LogP contribution in [0.2, 0.25) is 0 Å². The van der Waals surface area contributed by atoms with Gasteiger partial charge in [0.2, 0.25) is 0 Å². The Bertz CT molecular complexity index is 1340. The van der Waals surface area contributed by atoms with E-state index < -0.39 is 39.1 Å². The van der Waals surface area contributed by atoms with E-state index in [2.05, 4.69) is 10.0 Å². The van der Waals surface area contributed by atoms with Crippen LogP contribution in [0.3, 0.4) is 0 Å². The largest absolute Gasteiger partial charge is 0.494 e. The second-order valence-electron chi connectivity index (χ2n) is 6.99. The summed E-state index contributed by atoms with van der Waals surface area (Å²) in [5.74, 6) is -0.901. The van der Waals surface area contributed by atoms with E-state index in [0.29, 0.717) is 18.0 Å². The second kappa shape index (κ2) is 11.1. The van der Waals surface area contributed by atoms with Crippen molar-refractivity contribution >= 4 is 39.0 Å². The zero-order valence-electron chi connectivity index (χ0n) is 18.5. The molecule has 0 bridgehead atoms. The number of amides is 1. The highest BCUT2D eigenvalue weighted by atomic mass is 32.2. The molecule has 3 aromatic rings. The number of ether oxygens (including phenoxy) is 2. The van der Waals surface area contributed by atoms with Crippen LogP contribution in [0.4, 0.5) is 17.1 Å². The van der Waals surface area contributed by atoms with E-state index in [-0.39, 0.29) is 16.1 Å². The smallest absolute Gasteiger partial charge is 0.340 e. The molecule has 35 heavy (non-hydrogen) atoms. The van der Waals surface area contributed by atoms with Gasteiger partial charge >= 0.3 is 5.97 Å². The number of rotatable bonds is 10. The highest BCUT2D eigenvalue weighted by Gasteiger charge is 2.21. The number of benzene rings is 3. The lowest BCUT2D eigenvalue weighted by Crippen LogP contribution is -2.22. The first kappa shape index (κ1) is 25.2. The number of para-hydroxylation sites is 1. The molecule has 0 aromatic heterocycles. The third kappa shape index (κ3) is 6.77. The maximum atomic E-state index is 12.7. The SMILES string of the molecule is CCOc1ccc(NC(=O)COC(=O)c2ccccc2NS(=O)(=O)c2cccc([N+](=O)[O-])c2)cc1. The molecule has 0 unspecified atom stereocenters. The van der Waals surface area contributed by atoms with Gasteiger partial charge in [0.1, 0.15) is 5.75 Å². The molecule has 3 aromatic carbocycles. The summed E-state index contributed by atoms with van der Waals surface area (Å²) in [4.78, 5) is 34.6. The number of non-ortho nitro benzene ring substituents is 1.